The minimum Gasteiger partial charge on any atom is -0.225 e. The minimum absolute atomic E-state index is 0.0723. The van der Waals surface area contributed by atoms with Crippen LogP contribution in [0.4, 0.5) is 0 Å². The van der Waals surface area contributed by atoms with Crippen molar-refractivity contribution in [1.82, 2.24) is 0 Å². The lowest BCUT2D eigenvalue weighted by Gasteiger charge is -2.26. The Kier molecular flexibility index (Phi) is 4.62. The molecule has 0 heterocycles. The number of sulfonamides is 1. The summed E-state index contributed by atoms with van der Waals surface area (Å²) >= 11 is 0. The van der Waals surface area contributed by atoms with Gasteiger partial charge < -0.3 is 0 Å². The topological polar surface area (TPSA) is 83.9 Å². The first kappa shape index (κ1) is 16.7. The highest BCUT2D eigenvalue weighted by Gasteiger charge is 2.26. The molecule has 0 aromatic heterocycles. The van der Waals surface area contributed by atoms with E-state index in [4.69, 9.17) is 5.14 Å². The summed E-state index contributed by atoms with van der Waals surface area (Å²) in [4.78, 5) is 0.0723. The van der Waals surface area contributed by atoms with Crippen LogP contribution in [0.2, 0.25) is 0 Å². The van der Waals surface area contributed by atoms with E-state index in [1.165, 1.54) is 0 Å². The summed E-state index contributed by atoms with van der Waals surface area (Å²) in [7, 11) is -3.85. The average molecular weight is 294 g/mol. The van der Waals surface area contributed by atoms with Gasteiger partial charge in [-0.1, -0.05) is 34.6 Å². The molecule has 0 amide bonds. The average Bonchev–Trinajstić information content (AvgIpc) is 2.35. The van der Waals surface area contributed by atoms with Gasteiger partial charge in [0.05, 0.1) is 16.5 Å². The highest BCUT2D eigenvalue weighted by Crippen LogP contribution is 2.34. The van der Waals surface area contributed by atoms with Gasteiger partial charge in [-0.05, 0) is 41.0 Å². The lowest BCUT2D eigenvalue weighted by molar-refractivity contribution is 0.504. The van der Waals surface area contributed by atoms with Gasteiger partial charge in [-0.3, -0.25) is 0 Å². The van der Waals surface area contributed by atoms with Crippen molar-refractivity contribution in [3.8, 4) is 6.07 Å². The molecule has 1 aromatic carbocycles. The standard InChI is InChI=1S/C15H22N2O2S/c1-6-15(4,5)12-7-11(9-16)14(10(2)3)13(8-12)20(17,18)19/h7-8,10H,6H2,1-5H3,(H2,17,18,19). The van der Waals surface area contributed by atoms with Crippen LogP contribution in [0.15, 0.2) is 17.0 Å². The van der Waals surface area contributed by atoms with E-state index < -0.39 is 10.0 Å². The molecule has 0 unspecified atom stereocenters. The fraction of sp³-hybridized carbons (Fsp3) is 0.533. The summed E-state index contributed by atoms with van der Waals surface area (Å²) in [5.74, 6) is -0.0863. The monoisotopic (exact) mass is 294 g/mol. The molecule has 0 bridgehead atoms. The van der Waals surface area contributed by atoms with Gasteiger partial charge in [0.15, 0.2) is 0 Å². The Hall–Kier alpha value is -1.38. The number of hydrogen-bond acceptors (Lipinski definition) is 3. The van der Waals surface area contributed by atoms with E-state index in [-0.39, 0.29) is 16.2 Å². The molecular weight excluding hydrogens is 272 g/mol. The molecule has 0 saturated carbocycles. The fourth-order valence-electron chi connectivity index (χ4n) is 2.14. The minimum atomic E-state index is -3.85. The molecule has 110 valence electrons. The van der Waals surface area contributed by atoms with Crippen molar-refractivity contribution in [3.05, 3.63) is 28.8 Å². The Morgan fingerprint density at radius 2 is 1.90 bits per heavy atom. The second-order valence-corrected chi connectivity index (χ2v) is 7.51. The van der Waals surface area contributed by atoms with E-state index in [0.717, 1.165) is 12.0 Å². The molecule has 0 spiro atoms. The molecule has 1 rings (SSSR count). The van der Waals surface area contributed by atoms with Crippen LogP contribution in [0.5, 0.6) is 0 Å². The molecule has 0 radical (unpaired) electrons. The first-order chi connectivity index (χ1) is 9.04. The predicted octanol–water partition coefficient (Wildman–Crippen LogP) is 3.02. The summed E-state index contributed by atoms with van der Waals surface area (Å²) in [5.41, 5.74) is 1.51. The van der Waals surface area contributed by atoms with E-state index in [1.54, 1.807) is 12.1 Å². The molecule has 1 aromatic rings. The highest BCUT2D eigenvalue weighted by molar-refractivity contribution is 7.89. The summed E-state index contributed by atoms with van der Waals surface area (Å²) < 4.78 is 23.7. The zero-order chi connectivity index (χ0) is 15.7. The largest absolute Gasteiger partial charge is 0.238 e. The molecule has 20 heavy (non-hydrogen) atoms. The SMILES string of the molecule is CCC(C)(C)c1cc(C#N)c(C(C)C)c(S(N)(=O)=O)c1. The summed E-state index contributed by atoms with van der Waals surface area (Å²) in [6.45, 7) is 9.78. The van der Waals surface area contributed by atoms with Crippen LogP contribution < -0.4 is 5.14 Å². The van der Waals surface area contributed by atoms with Crippen molar-refractivity contribution in [1.29, 1.82) is 5.26 Å². The number of nitriles is 1. The van der Waals surface area contributed by atoms with Crippen LogP contribution in [0, 0.1) is 11.3 Å². The second kappa shape index (κ2) is 5.55. The molecular formula is C15H22N2O2S. The third-order valence-electron chi connectivity index (χ3n) is 3.81. The van der Waals surface area contributed by atoms with Crippen LogP contribution in [-0.4, -0.2) is 8.42 Å². The normalized spacial score (nSPS) is 12.5. The number of nitrogens with two attached hydrogens (primary N) is 1. The van der Waals surface area contributed by atoms with E-state index in [1.807, 2.05) is 34.6 Å². The van der Waals surface area contributed by atoms with Crippen LogP contribution in [0.1, 0.15) is 63.6 Å². The van der Waals surface area contributed by atoms with Gasteiger partial charge in [-0.15, -0.1) is 0 Å². The van der Waals surface area contributed by atoms with E-state index >= 15 is 0 Å². The molecule has 0 atom stereocenters. The molecule has 5 heteroatoms. The third kappa shape index (κ3) is 3.20. The van der Waals surface area contributed by atoms with Gasteiger partial charge in [0.25, 0.3) is 0 Å². The predicted molar refractivity (Wildman–Crippen MR) is 79.9 cm³/mol. The Morgan fingerprint density at radius 3 is 2.25 bits per heavy atom. The second-order valence-electron chi connectivity index (χ2n) is 5.98. The smallest absolute Gasteiger partial charge is 0.225 e. The van der Waals surface area contributed by atoms with Crippen LogP contribution in [0.25, 0.3) is 0 Å². The lowest BCUT2D eigenvalue weighted by atomic mass is 9.80. The first-order valence-electron chi connectivity index (χ1n) is 6.66. The molecule has 0 saturated heterocycles. The van der Waals surface area contributed by atoms with Crippen molar-refractivity contribution < 1.29 is 8.42 Å². The summed E-state index contributed by atoms with van der Waals surface area (Å²) in [6, 6.07) is 5.51. The Labute approximate surface area is 121 Å². The van der Waals surface area contributed by atoms with Gasteiger partial charge in [0.2, 0.25) is 10.0 Å². The van der Waals surface area contributed by atoms with E-state index in [2.05, 4.69) is 6.07 Å². The van der Waals surface area contributed by atoms with Gasteiger partial charge in [-0.2, -0.15) is 5.26 Å². The van der Waals surface area contributed by atoms with Crippen molar-refractivity contribution >= 4 is 10.0 Å². The van der Waals surface area contributed by atoms with Crippen LogP contribution in [-0.2, 0) is 15.4 Å². The number of primary sulfonamides is 1. The number of hydrogen-bond donors (Lipinski definition) is 1. The maximum atomic E-state index is 11.9. The quantitative estimate of drug-likeness (QED) is 0.926. The van der Waals surface area contributed by atoms with Crippen molar-refractivity contribution in [3.63, 3.8) is 0 Å². The van der Waals surface area contributed by atoms with Crippen LogP contribution in [0.3, 0.4) is 0 Å². The Bertz CT molecular complexity index is 653. The van der Waals surface area contributed by atoms with Gasteiger partial charge in [0, 0.05) is 0 Å². The molecule has 0 fully saturated rings. The van der Waals surface area contributed by atoms with Crippen molar-refractivity contribution in [2.75, 3.05) is 0 Å². The number of rotatable bonds is 4. The molecule has 4 nitrogen and oxygen atoms in total. The summed E-state index contributed by atoms with van der Waals surface area (Å²) in [5, 5.41) is 14.7. The Morgan fingerprint density at radius 1 is 1.35 bits per heavy atom. The first-order valence-corrected chi connectivity index (χ1v) is 8.20. The molecule has 2 N–H and O–H groups in total. The molecule has 0 aliphatic carbocycles. The maximum absolute atomic E-state index is 11.9. The number of benzene rings is 1. The molecule has 0 aliphatic rings. The van der Waals surface area contributed by atoms with Crippen molar-refractivity contribution in [2.24, 2.45) is 5.14 Å². The van der Waals surface area contributed by atoms with Crippen LogP contribution >= 0.6 is 0 Å². The highest BCUT2D eigenvalue weighted by atomic mass is 32.2. The lowest BCUT2D eigenvalue weighted by Crippen LogP contribution is -2.21. The summed E-state index contributed by atoms with van der Waals surface area (Å²) in [6.07, 6.45) is 0.836. The third-order valence-corrected chi connectivity index (χ3v) is 4.76. The zero-order valence-corrected chi connectivity index (χ0v) is 13.5. The Balaban J connectivity index is 3.80. The van der Waals surface area contributed by atoms with E-state index in [0.29, 0.717) is 11.1 Å². The number of nitrogens with zero attached hydrogens (tertiary/aromatic N) is 1. The maximum Gasteiger partial charge on any atom is 0.238 e. The molecule has 0 aliphatic heterocycles. The van der Waals surface area contributed by atoms with Gasteiger partial charge in [0.1, 0.15) is 0 Å². The van der Waals surface area contributed by atoms with E-state index in [9.17, 15) is 13.7 Å². The van der Waals surface area contributed by atoms with Crippen molar-refractivity contribution in [2.45, 2.75) is 57.3 Å². The van der Waals surface area contributed by atoms with Gasteiger partial charge >= 0.3 is 0 Å². The van der Waals surface area contributed by atoms with Gasteiger partial charge in [-0.25, -0.2) is 13.6 Å². The fourth-order valence-corrected chi connectivity index (χ4v) is 3.09. The zero-order valence-electron chi connectivity index (χ0n) is 12.7.